The van der Waals surface area contributed by atoms with Gasteiger partial charge in [0, 0.05) is 18.8 Å². The Hall–Kier alpha value is -0.180. The van der Waals surface area contributed by atoms with Gasteiger partial charge in [-0.25, -0.2) is 0 Å². The fourth-order valence-electron chi connectivity index (χ4n) is 0.922. The van der Waals surface area contributed by atoms with Crippen LogP contribution in [0.5, 0.6) is 0 Å². The molecule has 0 aromatic carbocycles. The lowest BCUT2D eigenvalue weighted by atomic mass is 10.2. The third-order valence-electron chi connectivity index (χ3n) is 1.71. The molecule has 1 heterocycles. The summed E-state index contributed by atoms with van der Waals surface area (Å²) >= 11 is 1.43. The molecule has 0 aromatic rings. The van der Waals surface area contributed by atoms with Crippen molar-refractivity contribution in [1.29, 1.82) is 0 Å². The quantitative estimate of drug-likeness (QED) is 0.558. The predicted molar refractivity (Wildman–Crippen MR) is 39.7 cm³/mol. The maximum atomic E-state index is 10.8. The highest BCUT2D eigenvalue weighted by Gasteiger charge is 2.26. The van der Waals surface area contributed by atoms with E-state index >= 15 is 0 Å². The summed E-state index contributed by atoms with van der Waals surface area (Å²) in [6.45, 7) is 2.11. The van der Waals surface area contributed by atoms with Gasteiger partial charge >= 0.3 is 0 Å². The van der Waals surface area contributed by atoms with Gasteiger partial charge in [-0.3, -0.25) is 4.79 Å². The van der Waals surface area contributed by atoms with E-state index in [-0.39, 0.29) is 5.24 Å². The van der Waals surface area contributed by atoms with Crippen molar-refractivity contribution in [2.45, 2.75) is 19.4 Å². The SMILES string of the molecule is CCC1CSC(=O)N1C. The van der Waals surface area contributed by atoms with Crippen LogP contribution in [0, 0.1) is 0 Å². The number of thioether (sulfide) groups is 1. The fraction of sp³-hybridized carbons (Fsp3) is 0.833. The molecular weight excluding hydrogens is 134 g/mol. The Morgan fingerprint density at radius 2 is 2.56 bits per heavy atom. The molecule has 0 bridgehead atoms. The molecule has 0 N–H and O–H groups in total. The molecule has 3 heteroatoms. The van der Waals surface area contributed by atoms with Crippen molar-refractivity contribution < 1.29 is 4.79 Å². The molecule has 0 aliphatic carbocycles. The van der Waals surface area contributed by atoms with Crippen LogP contribution in [0.4, 0.5) is 4.79 Å². The maximum Gasteiger partial charge on any atom is 0.281 e. The lowest BCUT2D eigenvalue weighted by molar-refractivity contribution is 0.224. The summed E-state index contributed by atoms with van der Waals surface area (Å²) in [6, 6.07) is 0.488. The molecule has 1 atom stereocenters. The number of hydrogen-bond donors (Lipinski definition) is 0. The maximum absolute atomic E-state index is 10.8. The van der Waals surface area contributed by atoms with E-state index in [2.05, 4.69) is 6.92 Å². The van der Waals surface area contributed by atoms with Crippen LogP contribution >= 0.6 is 11.8 Å². The third kappa shape index (κ3) is 1.21. The Balaban J connectivity index is 2.51. The van der Waals surface area contributed by atoms with E-state index in [1.807, 2.05) is 11.9 Å². The molecule has 2 nitrogen and oxygen atoms in total. The lowest BCUT2D eigenvalue weighted by Crippen LogP contribution is -2.27. The van der Waals surface area contributed by atoms with Crippen LogP contribution in [-0.2, 0) is 0 Å². The molecule has 1 rings (SSSR count). The van der Waals surface area contributed by atoms with E-state index in [1.165, 1.54) is 11.8 Å². The first-order valence-electron chi connectivity index (χ1n) is 3.15. The second-order valence-electron chi connectivity index (χ2n) is 2.25. The van der Waals surface area contributed by atoms with Gasteiger partial charge in [0.05, 0.1) is 0 Å². The molecule has 0 aromatic heterocycles. The topological polar surface area (TPSA) is 20.3 Å². The van der Waals surface area contributed by atoms with Crippen molar-refractivity contribution in [2.24, 2.45) is 0 Å². The summed E-state index contributed by atoms with van der Waals surface area (Å²) in [4.78, 5) is 12.7. The first-order valence-corrected chi connectivity index (χ1v) is 4.14. The molecule has 0 radical (unpaired) electrons. The summed E-state index contributed by atoms with van der Waals surface area (Å²) in [5.41, 5.74) is 0. The van der Waals surface area contributed by atoms with E-state index in [1.54, 1.807) is 0 Å². The summed E-state index contributed by atoms with van der Waals surface area (Å²) in [7, 11) is 1.87. The summed E-state index contributed by atoms with van der Waals surface area (Å²) < 4.78 is 0. The van der Waals surface area contributed by atoms with E-state index in [4.69, 9.17) is 0 Å². The molecule has 1 unspecified atom stereocenters. The number of hydrogen-bond acceptors (Lipinski definition) is 2. The van der Waals surface area contributed by atoms with E-state index in [0.717, 1.165) is 12.2 Å². The van der Waals surface area contributed by atoms with Gasteiger partial charge < -0.3 is 4.90 Å². The van der Waals surface area contributed by atoms with Crippen LogP contribution in [0.3, 0.4) is 0 Å². The number of carbonyl (C=O) groups excluding carboxylic acids is 1. The van der Waals surface area contributed by atoms with Crippen molar-refractivity contribution in [3.63, 3.8) is 0 Å². The lowest BCUT2D eigenvalue weighted by Gasteiger charge is -2.15. The summed E-state index contributed by atoms with van der Waals surface area (Å²) in [5.74, 6) is 0.978. The molecule has 1 aliphatic rings. The molecule has 1 saturated heterocycles. The molecular formula is C6H11NOS. The zero-order valence-electron chi connectivity index (χ0n) is 5.76. The van der Waals surface area contributed by atoms with Crippen LogP contribution in [0.1, 0.15) is 13.3 Å². The van der Waals surface area contributed by atoms with Crippen LogP contribution in [0.2, 0.25) is 0 Å². The van der Waals surface area contributed by atoms with Crippen molar-refractivity contribution >= 4 is 17.0 Å². The highest BCUT2D eigenvalue weighted by Crippen LogP contribution is 2.23. The first-order chi connectivity index (χ1) is 4.25. The summed E-state index contributed by atoms with van der Waals surface area (Å²) in [5, 5.41) is 0.224. The van der Waals surface area contributed by atoms with Crippen molar-refractivity contribution in [3.8, 4) is 0 Å². The second-order valence-corrected chi connectivity index (χ2v) is 3.22. The van der Waals surface area contributed by atoms with Crippen molar-refractivity contribution in [3.05, 3.63) is 0 Å². The van der Waals surface area contributed by atoms with E-state index in [0.29, 0.717) is 6.04 Å². The molecule has 0 spiro atoms. The Morgan fingerprint density at radius 3 is 2.78 bits per heavy atom. The van der Waals surface area contributed by atoms with Gasteiger partial charge in [0.2, 0.25) is 0 Å². The van der Waals surface area contributed by atoms with E-state index in [9.17, 15) is 4.79 Å². The van der Waals surface area contributed by atoms with Gasteiger partial charge in [0.1, 0.15) is 0 Å². The molecule has 1 fully saturated rings. The number of amides is 1. The monoisotopic (exact) mass is 145 g/mol. The van der Waals surface area contributed by atoms with Crippen LogP contribution < -0.4 is 0 Å². The minimum atomic E-state index is 0.224. The van der Waals surface area contributed by atoms with Crippen molar-refractivity contribution in [2.75, 3.05) is 12.8 Å². The Morgan fingerprint density at radius 1 is 1.89 bits per heavy atom. The average molecular weight is 145 g/mol. The molecule has 52 valence electrons. The van der Waals surface area contributed by atoms with Crippen LogP contribution in [0.25, 0.3) is 0 Å². The molecule has 1 amide bonds. The molecule has 0 saturated carbocycles. The Labute approximate surface area is 59.6 Å². The Kier molecular flexibility index (Phi) is 2.01. The van der Waals surface area contributed by atoms with Gasteiger partial charge in [-0.15, -0.1) is 0 Å². The van der Waals surface area contributed by atoms with Gasteiger partial charge in [-0.2, -0.15) is 0 Å². The Bertz CT molecular complexity index is 126. The highest BCUT2D eigenvalue weighted by atomic mass is 32.2. The largest absolute Gasteiger partial charge is 0.333 e. The number of nitrogens with zero attached hydrogens (tertiary/aromatic N) is 1. The average Bonchev–Trinajstić information content (AvgIpc) is 2.15. The van der Waals surface area contributed by atoms with Gasteiger partial charge in [0.25, 0.3) is 5.24 Å². The third-order valence-corrected chi connectivity index (χ3v) is 2.79. The molecule has 9 heavy (non-hydrogen) atoms. The zero-order chi connectivity index (χ0) is 6.85. The first kappa shape index (κ1) is 6.93. The number of rotatable bonds is 1. The highest BCUT2D eigenvalue weighted by molar-refractivity contribution is 8.13. The molecule has 1 aliphatic heterocycles. The minimum Gasteiger partial charge on any atom is -0.333 e. The van der Waals surface area contributed by atoms with Crippen LogP contribution in [0.15, 0.2) is 0 Å². The normalized spacial score (nSPS) is 27.6. The minimum absolute atomic E-state index is 0.224. The number of carbonyl (C=O) groups is 1. The summed E-state index contributed by atoms with van der Waals surface area (Å²) in [6.07, 6.45) is 1.08. The van der Waals surface area contributed by atoms with Crippen LogP contribution in [-0.4, -0.2) is 29.0 Å². The predicted octanol–water partition coefficient (Wildman–Crippen LogP) is 1.56. The van der Waals surface area contributed by atoms with E-state index < -0.39 is 0 Å². The second kappa shape index (κ2) is 2.60. The zero-order valence-corrected chi connectivity index (χ0v) is 6.57. The fourth-order valence-corrected chi connectivity index (χ4v) is 2.07. The van der Waals surface area contributed by atoms with Gasteiger partial charge in [-0.05, 0) is 6.42 Å². The van der Waals surface area contributed by atoms with Gasteiger partial charge in [0.15, 0.2) is 0 Å². The van der Waals surface area contributed by atoms with Gasteiger partial charge in [-0.1, -0.05) is 18.7 Å². The standard InChI is InChI=1S/C6H11NOS/c1-3-5-4-9-6(8)7(5)2/h5H,3-4H2,1-2H3. The van der Waals surface area contributed by atoms with Crippen molar-refractivity contribution in [1.82, 2.24) is 4.90 Å². The smallest absolute Gasteiger partial charge is 0.281 e.